The minimum absolute atomic E-state index is 0.184. The smallest absolute Gasteiger partial charge is 0.254 e. The number of rotatable bonds is 7. The number of anilines is 1. The minimum atomic E-state index is -0.462. The number of carbonyl (C=O) groups is 1. The summed E-state index contributed by atoms with van der Waals surface area (Å²) in [6, 6.07) is 11.7. The lowest BCUT2D eigenvalue weighted by molar-refractivity contribution is 0.0722. The van der Waals surface area contributed by atoms with Crippen molar-refractivity contribution in [3.8, 4) is 11.3 Å². The summed E-state index contributed by atoms with van der Waals surface area (Å²) in [6.45, 7) is 7.10. The zero-order valence-corrected chi connectivity index (χ0v) is 18.8. The number of hydrogen-bond acceptors (Lipinski definition) is 5. The van der Waals surface area contributed by atoms with E-state index in [1.165, 1.54) is 30.3 Å². The molecule has 174 valence electrons. The summed E-state index contributed by atoms with van der Waals surface area (Å²) in [7, 11) is 0. The quantitative estimate of drug-likeness (QED) is 0.514. The van der Waals surface area contributed by atoms with Crippen molar-refractivity contribution in [2.75, 3.05) is 37.7 Å². The first-order valence-electron chi connectivity index (χ1n) is 11.0. The first-order valence-corrected chi connectivity index (χ1v) is 11.0. The van der Waals surface area contributed by atoms with Gasteiger partial charge in [-0.25, -0.2) is 8.78 Å². The molecular weight excluding hydrogens is 428 g/mol. The molecule has 0 saturated carbocycles. The Hall–Kier alpha value is -3.26. The average Bonchev–Trinajstić information content (AvgIpc) is 3.22. The highest BCUT2D eigenvalue weighted by Gasteiger charge is 2.28. The Kier molecular flexibility index (Phi) is 7.03. The number of benzene rings is 2. The molecule has 1 fully saturated rings. The van der Waals surface area contributed by atoms with E-state index in [0.717, 1.165) is 5.56 Å². The molecular formula is C25H27F2N3O3. The standard InChI is InChI=1S/C25H27F2N3O3/c1-17(2)15-30(24(31)19-4-3-5-21(27)14-19)16-22-23(18-6-8-20(26)9-7-18)28-33-25(22)29-10-12-32-13-11-29/h3-9,14,17H,10-13,15-16H2,1-2H3. The third kappa shape index (κ3) is 5.39. The maximum atomic E-state index is 13.8. The molecule has 0 spiro atoms. The van der Waals surface area contributed by atoms with E-state index in [0.29, 0.717) is 50.0 Å². The van der Waals surface area contributed by atoms with Crippen LogP contribution in [0, 0.1) is 17.6 Å². The predicted octanol–water partition coefficient (Wildman–Crippen LogP) is 4.75. The van der Waals surface area contributed by atoms with Gasteiger partial charge in [0.1, 0.15) is 17.3 Å². The third-order valence-corrected chi connectivity index (χ3v) is 5.48. The SMILES string of the molecule is CC(C)CN(Cc1c(-c2ccc(F)cc2)noc1N1CCOCC1)C(=O)c1cccc(F)c1. The molecule has 1 saturated heterocycles. The van der Waals surface area contributed by atoms with Crippen LogP contribution in [0.1, 0.15) is 29.8 Å². The molecule has 4 rings (SSSR count). The second-order valence-electron chi connectivity index (χ2n) is 8.51. The van der Waals surface area contributed by atoms with Gasteiger partial charge in [-0.15, -0.1) is 0 Å². The van der Waals surface area contributed by atoms with Crippen LogP contribution in [-0.2, 0) is 11.3 Å². The van der Waals surface area contributed by atoms with E-state index < -0.39 is 5.82 Å². The Labute approximate surface area is 191 Å². The highest BCUT2D eigenvalue weighted by atomic mass is 19.1. The molecule has 0 N–H and O–H groups in total. The summed E-state index contributed by atoms with van der Waals surface area (Å²) >= 11 is 0. The zero-order chi connectivity index (χ0) is 23.4. The van der Waals surface area contributed by atoms with Gasteiger partial charge in [0.2, 0.25) is 5.88 Å². The summed E-state index contributed by atoms with van der Waals surface area (Å²) in [6.07, 6.45) is 0. The molecule has 0 atom stereocenters. The number of halogens is 2. The van der Waals surface area contributed by atoms with Crippen molar-refractivity contribution >= 4 is 11.8 Å². The Morgan fingerprint density at radius 2 is 1.82 bits per heavy atom. The lowest BCUT2D eigenvalue weighted by Crippen LogP contribution is -2.38. The van der Waals surface area contributed by atoms with Gasteiger partial charge in [0.05, 0.1) is 25.3 Å². The Morgan fingerprint density at radius 1 is 1.09 bits per heavy atom. The van der Waals surface area contributed by atoms with Gasteiger partial charge in [-0.1, -0.05) is 25.1 Å². The third-order valence-electron chi connectivity index (χ3n) is 5.48. The lowest BCUT2D eigenvalue weighted by Gasteiger charge is -2.29. The van der Waals surface area contributed by atoms with E-state index in [4.69, 9.17) is 9.26 Å². The molecule has 0 bridgehead atoms. The molecule has 0 unspecified atom stereocenters. The van der Waals surface area contributed by atoms with Crippen molar-refractivity contribution in [3.63, 3.8) is 0 Å². The number of nitrogens with zero attached hydrogens (tertiary/aromatic N) is 3. The number of morpholine rings is 1. The van der Waals surface area contributed by atoms with Crippen LogP contribution in [0.3, 0.4) is 0 Å². The van der Waals surface area contributed by atoms with E-state index in [1.807, 2.05) is 18.7 Å². The van der Waals surface area contributed by atoms with E-state index in [-0.39, 0.29) is 29.8 Å². The van der Waals surface area contributed by atoms with Crippen molar-refractivity contribution in [2.24, 2.45) is 5.92 Å². The number of carbonyl (C=O) groups excluding carboxylic acids is 1. The molecule has 0 aliphatic carbocycles. The number of ether oxygens (including phenoxy) is 1. The highest BCUT2D eigenvalue weighted by Crippen LogP contribution is 2.33. The molecule has 3 aromatic rings. The fourth-order valence-corrected chi connectivity index (χ4v) is 3.95. The summed E-state index contributed by atoms with van der Waals surface area (Å²) in [5, 5.41) is 4.29. The molecule has 1 amide bonds. The van der Waals surface area contributed by atoms with Gasteiger partial charge < -0.3 is 19.1 Å². The van der Waals surface area contributed by atoms with Gasteiger partial charge in [-0.3, -0.25) is 4.79 Å². The van der Waals surface area contributed by atoms with Crippen LogP contribution in [-0.4, -0.2) is 48.8 Å². The Bertz CT molecular complexity index is 1090. The minimum Gasteiger partial charge on any atom is -0.378 e. The van der Waals surface area contributed by atoms with Crippen LogP contribution < -0.4 is 4.90 Å². The Balaban J connectivity index is 1.73. The normalized spacial score (nSPS) is 14.0. The van der Waals surface area contributed by atoms with Crippen molar-refractivity contribution in [3.05, 3.63) is 71.3 Å². The van der Waals surface area contributed by atoms with Gasteiger partial charge >= 0.3 is 0 Å². The van der Waals surface area contributed by atoms with Crippen LogP contribution in [0.5, 0.6) is 0 Å². The van der Waals surface area contributed by atoms with E-state index in [2.05, 4.69) is 5.16 Å². The number of amides is 1. The summed E-state index contributed by atoms with van der Waals surface area (Å²) in [4.78, 5) is 17.1. The van der Waals surface area contributed by atoms with Crippen LogP contribution in [0.15, 0.2) is 53.1 Å². The molecule has 1 aliphatic heterocycles. The second kappa shape index (κ2) is 10.1. The van der Waals surface area contributed by atoms with Gasteiger partial charge in [0.25, 0.3) is 5.91 Å². The monoisotopic (exact) mass is 455 g/mol. The fraction of sp³-hybridized carbons (Fsp3) is 0.360. The van der Waals surface area contributed by atoms with Gasteiger partial charge in [0, 0.05) is 30.8 Å². The first-order chi connectivity index (χ1) is 15.9. The van der Waals surface area contributed by atoms with Crippen LogP contribution in [0.2, 0.25) is 0 Å². The largest absolute Gasteiger partial charge is 0.378 e. The summed E-state index contributed by atoms with van der Waals surface area (Å²) < 4.78 is 38.6. The first kappa shape index (κ1) is 22.9. The van der Waals surface area contributed by atoms with Crippen molar-refractivity contribution in [2.45, 2.75) is 20.4 Å². The highest BCUT2D eigenvalue weighted by molar-refractivity contribution is 5.94. The zero-order valence-electron chi connectivity index (χ0n) is 18.8. The van der Waals surface area contributed by atoms with E-state index >= 15 is 0 Å². The average molecular weight is 456 g/mol. The molecule has 0 radical (unpaired) electrons. The molecule has 1 aliphatic rings. The molecule has 8 heteroatoms. The van der Waals surface area contributed by atoms with Crippen LogP contribution >= 0.6 is 0 Å². The fourth-order valence-electron chi connectivity index (χ4n) is 3.95. The van der Waals surface area contributed by atoms with Crippen LogP contribution in [0.25, 0.3) is 11.3 Å². The maximum Gasteiger partial charge on any atom is 0.254 e. The number of aromatic nitrogens is 1. The van der Waals surface area contributed by atoms with E-state index in [9.17, 15) is 13.6 Å². The van der Waals surface area contributed by atoms with Crippen molar-refractivity contribution in [1.82, 2.24) is 10.1 Å². The summed E-state index contributed by atoms with van der Waals surface area (Å²) in [5.41, 5.74) is 2.26. The van der Waals surface area contributed by atoms with Crippen molar-refractivity contribution in [1.29, 1.82) is 0 Å². The van der Waals surface area contributed by atoms with Crippen molar-refractivity contribution < 1.29 is 22.8 Å². The maximum absolute atomic E-state index is 13.8. The van der Waals surface area contributed by atoms with Gasteiger partial charge in [0.15, 0.2) is 0 Å². The molecule has 6 nitrogen and oxygen atoms in total. The number of hydrogen-bond donors (Lipinski definition) is 0. The summed E-state index contributed by atoms with van der Waals surface area (Å²) in [5.74, 6) is -0.333. The molecule has 2 heterocycles. The molecule has 1 aromatic heterocycles. The predicted molar refractivity (Wildman–Crippen MR) is 121 cm³/mol. The van der Waals surface area contributed by atoms with E-state index in [1.54, 1.807) is 23.1 Å². The Morgan fingerprint density at radius 3 is 2.48 bits per heavy atom. The molecule has 2 aromatic carbocycles. The van der Waals surface area contributed by atoms with Gasteiger partial charge in [-0.05, 0) is 48.4 Å². The van der Waals surface area contributed by atoms with Gasteiger partial charge in [-0.2, -0.15) is 0 Å². The lowest BCUT2D eigenvalue weighted by atomic mass is 10.0. The topological polar surface area (TPSA) is 58.8 Å². The van der Waals surface area contributed by atoms with Crippen LogP contribution in [0.4, 0.5) is 14.7 Å². The molecule has 33 heavy (non-hydrogen) atoms. The second-order valence-corrected chi connectivity index (χ2v) is 8.51.